The number of halogens is 1. The molecule has 9 heteroatoms. The van der Waals surface area contributed by atoms with Gasteiger partial charge in [-0.2, -0.15) is 0 Å². The summed E-state index contributed by atoms with van der Waals surface area (Å²) < 4.78 is 20.8. The quantitative estimate of drug-likeness (QED) is 0.386. The van der Waals surface area contributed by atoms with Crippen LogP contribution in [0.1, 0.15) is 24.5 Å². The Balaban J connectivity index is 1.36. The number of aliphatic imine (C=N–C) groups is 1. The molecule has 1 saturated heterocycles. The molecule has 4 rings (SSSR count). The molecule has 1 aliphatic rings. The predicted octanol–water partition coefficient (Wildman–Crippen LogP) is 3.81. The van der Waals surface area contributed by atoms with Crippen LogP contribution in [0.4, 0.5) is 4.39 Å². The molecule has 1 aliphatic heterocycles. The number of pyridine rings is 1. The third-order valence-corrected chi connectivity index (χ3v) is 6.37. The number of hydrogen-bond acceptors (Lipinski definition) is 5. The number of hydrogen-bond donors (Lipinski definition) is 2. The first-order valence-corrected chi connectivity index (χ1v) is 12.2. The van der Waals surface area contributed by atoms with Crippen molar-refractivity contribution < 1.29 is 13.9 Å². The average Bonchev–Trinajstić information content (AvgIpc) is 3.27. The van der Waals surface area contributed by atoms with E-state index in [1.165, 1.54) is 6.07 Å². The largest absolute Gasteiger partial charge is 0.453 e. The molecular formula is C27H33FN6O2. The van der Waals surface area contributed by atoms with Crippen LogP contribution in [0.15, 0.2) is 53.8 Å². The number of aromatic nitrogens is 2. The molecule has 2 aromatic heterocycles. The Hall–Kier alpha value is -3.72. The highest BCUT2D eigenvalue weighted by atomic mass is 19.1. The van der Waals surface area contributed by atoms with E-state index in [4.69, 9.17) is 10.5 Å². The van der Waals surface area contributed by atoms with Crippen molar-refractivity contribution in [2.24, 2.45) is 10.7 Å². The number of benzene rings is 1. The third kappa shape index (κ3) is 5.57. The SMILES string of the molecule is CC/C=C\C(=NC)N1CCN(C(=O)C(N)Cc2ccc(Oc3ccnc4[nH]cc(C)c34)c(F)c2)CC1. The van der Waals surface area contributed by atoms with Crippen molar-refractivity contribution in [3.8, 4) is 11.5 Å². The first kappa shape index (κ1) is 25.4. The molecule has 36 heavy (non-hydrogen) atoms. The molecule has 1 unspecified atom stereocenters. The maximum atomic E-state index is 14.9. The number of rotatable bonds is 7. The minimum Gasteiger partial charge on any atom is -0.453 e. The van der Waals surface area contributed by atoms with Crippen molar-refractivity contribution in [2.45, 2.75) is 32.7 Å². The number of carbonyl (C=O) groups is 1. The number of ether oxygens (including phenoxy) is 1. The van der Waals surface area contributed by atoms with Crippen LogP contribution < -0.4 is 10.5 Å². The molecule has 1 fully saturated rings. The van der Waals surface area contributed by atoms with E-state index in [0.29, 0.717) is 43.1 Å². The van der Waals surface area contributed by atoms with Crippen LogP contribution in [0.3, 0.4) is 0 Å². The Labute approximate surface area is 210 Å². The number of nitrogens with one attached hydrogen (secondary N) is 1. The van der Waals surface area contributed by atoms with Crippen molar-refractivity contribution in [1.82, 2.24) is 19.8 Å². The molecular weight excluding hydrogens is 459 g/mol. The molecule has 3 N–H and O–H groups in total. The number of aryl methyl sites for hydroxylation is 1. The first-order chi connectivity index (χ1) is 17.4. The second-order valence-corrected chi connectivity index (χ2v) is 8.89. The van der Waals surface area contributed by atoms with Crippen LogP contribution in [0.5, 0.6) is 11.5 Å². The van der Waals surface area contributed by atoms with Gasteiger partial charge < -0.3 is 25.3 Å². The lowest BCUT2D eigenvalue weighted by Crippen LogP contribution is -2.54. The molecule has 0 aliphatic carbocycles. The van der Waals surface area contributed by atoms with Gasteiger partial charge in [0.05, 0.1) is 11.4 Å². The summed E-state index contributed by atoms with van der Waals surface area (Å²) in [5.41, 5.74) is 8.53. The van der Waals surface area contributed by atoms with Crippen LogP contribution in [0, 0.1) is 12.7 Å². The van der Waals surface area contributed by atoms with Gasteiger partial charge in [0.2, 0.25) is 5.91 Å². The summed E-state index contributed by atoms with van der Waals surface area (Å²) >= 11 is 0. The molecule has 0 radical (unpaired) electrons. The number of nitrogens with zero attached hydrogens (tertiary/aromatic N) is 4. The van der Waals surface area contributed by atoms with Crippen LogP contribution in [0.2, 0.25) is 0 Å². The van der Waals surface area contributed by atoms with E-state index in [2.05, 4.69) is 32.9 Å². The zero-order chi connectivity index (χ0) is 25.7. The van der Waals surface area contributed by atoms with Gasteiger partial charge in [-0.05, 0) is 55.2 Å². The number of aromatic amines is 1. The molecule has 0 bridgehead atoms. The van der Waals surface area contributed by atoms with Crippen LogP contribution in [0.25, 0.3) is 11.0 Å². The second kappa shape index (κ2) is 11.3. The number of nitrogens with two attached hydrogens (primary N) is 1. The number of amidine groups is 1. The van der Waals surface area contributed by atoms with Gasteiger partial charge in [-0.15, -0.1) is 0 Å². The van der Waals surface area contributed by atoms with E-state index in [1.807, 2.05) is 19.2 Å². The zero-order valence-electron chi connectivity index (χ0n) is 21.0. The van der Waals surface area contributed by atoms with Crippen molar-refractivity contribution >= 4 is 22.8 Å². The number of amides is 1. The lowest BCUT2D eigenvalue weighted by Gasteiger charge is -2.37. The molecule has 1 aromatic carbocycles. The highest BCUT2D eigenvalue weighted by Gasteiger charge is 2.26. The second-order valence-electron chi connectivity index (χ2n) is 8.89. The van der Waals surface area contributed by atoms with Crippen molar-refractivity contribution in [3.05, 3.63) is 65.8 Å². The summed E-state index contributed by atoms with van der Waals surface area (Å²) in [6, 6.07) is 5.66. The number of piperazine rings is 1. The molecule has 1 amide bonds. The van der Waals surface area contributed by atoms with Gasteiger partial charge in [0, 0.05) is 45.6 Å². The summed E-state index contributed by atoms with van der Waals surface area (Å²) in [5.74, 6) is 0.915. The summed E-state index contributed by atoms with van der Waals surface area (Å²) in [4.78, 5) is 28.6. The maximum Gasteiger partial charge on any atom is 0.239 e. The molecule has 0 saturated carbocycles. The van der Waals surface area contributed by atoms with Crippen molar-refractivity contribution in [3.63, 3.8) is 0 Å². The topological polar surface area (TPSA) is 99.8 Å². The highest BCUT2D eigenvalue weighted by molar-refractivity contribution is 5.93. The van der Waals surface area contributed by atoms with Gasteiger partial charge in [0.25, 0.3) is 0 Å². The number of fused-ring (bicyclic) bond motifs is 1. The van der Waals surface area contributed by atoms with E-state index in [1.54, 1.807) is 36.3 Å². The van der Waals surface area contributed by atoms with E-state index in [-0.39, 0.29) is 18.1 Å². The van der Waals surface area contributed by atoms with Gasteiger partial charge in [0.1, 0.15) is 17.2 Å². The predicted molar refractivity (Wildman–Crippen MR) is 140 cm³/mol. The lowest BCUT2D eigenvalue weighted by molar-refractivity contribution is -0.133. The van der Waals surface area contributed by atoms with Crippen LogP contribution >= 0.6 is 0 Å². The van der Waals surface area contributed by atoms with E-state index in [9.17, 15) is 9.18 Å². The van der Waals surface area contributed by atoms with Gasteiger partial charge >= 0.3 is 0 Å². The normalized spacial score (nSPS) is 15.6. The molecule has 3 aromatic rings. The molecule has 8 nitrogen and oxygen atoms in total. The van der Waals surface area contributed by atoms with Crippen LogP contribution in [-0.4, -0.2) is 70.8 Å². The Kier molecular flexibility index (Phi) is 8.00. The monoisotopic (exact) mass is 492 g/mol. The van der Waals surface area contributed by atoms with Gasteiger partial charge in [-0.25, -0.2) is 9.37 Å². The van der Waals surface area contributed by atoms with E-state index >= 15 is 0 Å². The number of carbonyl (C=O) groups excluding carboxylic acids is 1. The Morgan fingerprint density at radius 1 is 1.25 bits per heavy atom. The van der Waals surface area contributed by atoms with Crippen molar-refractivity contribution in [2.75, 3.05) is 33.2 Å². The minimum atomic E-state index is -0.746. The summed E-state index contributed by atoms with van der Waals surface area (Å²) in [6.45, 7) is 6.56. The lowest BCUT2D eigenvalue weighted by atomic mass is 10.0. The highest BCUT2D eigenvalue weighted by Crippen LogP contribution is 2.32. The smallest absolute Gasteiger partial charge is 0.239 e. The fraction of sp³-hybridized carbons (Fsp3) is 0.370. The minimum absolute atomic E-state index is 0.105. The van der Waals surface area contributed by atoms with Gasteiger partial charge in [-0.1, -0.05) is 19.1 Å². The van der Waals surface area contributed by atoms with Gasteiger partial charge in [-0.3, -0.25) is 9.79 Å². The molecule has 3 heterocycles. The summed E-state index contributed by atoms with van der Waals surface area (Å²) in [7, 11) is 1.77. The zero-order valence-corrected chi connectivity index (χ0v) is 21.0. The first-order valence-electron chi connectivity index (χ1n) is 12.2. The summed E-state index contributed by atoms with van der Waals surface area (Å²) in [5, 5.41) is 0.812. The molecule has 0 spiro atoms. The Morgan fingerprint density at radius 2 is 2.00 bits per heavy atom. The Morgan fingerprint density at radius 3 is 2.69 bits per heavy atom. The van der Waals surface area contributed by atoms with Crippen molar-refractivity contribution in [1.29, 1.82) is 0 Å². The standard InChI is InChI=1S/C27H33FN6O2/c1-4-5-6-24(30-3)33-11-13-34(14-12-33)27(35)21(29)16-19-7-8-22(20(28)15-19)36-23-9-10-31-26-25(23)18(2)17-32-26/h5-10,15,17,21H,4,11-14,16,29H2,1-3H3,(H,31,32)/b6-5-,30-24?. The number of allylic oxidation sites excluding steroid dienone is 1. The van der Waals surface area contributed by atoms with E-state index < -0.39 is 11.9 Å². The fourth-order valence-corrected chi connectivity index (χ4v) is 4.42. The summed E-state index contributed by atoms with van der Waals surface area (Å²) in [6.07, 6.45) is 8.73. The fourth-order valence-electron chi connectivity index (χ4n) is 4.42. The van der Waals surface area contributed by atoms with Crippen LogP contribution in [-0.2, 0) is 11.2 Å². The van der Waals surface area contributed by atoms with Gasteiger partial charge in [0.15, 0.2) is 11.6 Å². The maximum absolute atomic E-state index is 14.9. The number of H-pyrrole nitrogens is 1. The molecule has 190 valence electrons. The third-order valence-electron chi connectivity index (χ3n) is 6.37. The average molecular weight is 493 g/mol. The van der Waals surface area contributed by atoms with E-state index in [0.717, 1.165) is 23.2 Å². The molecule has 1 atom stereocenters. The Bertz CT molecular complexity index is 1280.